The summed E-state index contributed by atoms with van der Waals surface area (Å²) in [5, 5.41) is 3.18. The van der Waals surface area contributed by atoms with Crippen LogP contribution < -0.4 is 0 Å². The van der Waals surface area contributed by atoms with E-state index in [0.29, 0.717) is 0 Å². The zero-order valence-corrected chi connectivity index (χ0v) is 9.52. The third-order valence-corrected chi connectivity index (χ3v) is 3.23. The molecule has 0 saturated carbocycles. The third-order valence-electron chi connectivity index (χ3n) is 1.77. The van der Waals surface area contributed by atoms with Gasteiger partial charge in [-0.3, -0.25) is 0 Å². The van der Waals surface area contributed by atoms with Crippen molar-refractivity contribution in [3.05, 3.63) is 39.1 Å². The summed E-state index contributed by atoms with van der Waals surface area (Å²) >= 11 is 5.18. The lowest BCUT2D eigenvalue weighted by Gasteiger charge is -1.98. The molecule has 0 atom stereocenters. The maximum absolute atomic E-state index is 4.43. The van der Waals surface area contributed by atoms with Crippen LogP contribution in [0, 0.1) is 6.92 Å². The third kappa shape index (κ3) is 1.81. The Bertz CT molecular complexity index is 422. The van der Waals surface area contributed by atoms with E-state index in [1.54, 1.807) is 11.3 Å². The number of rotatable bonds is 1. The number of hydrogen-bond donors (Lipinski definition) is 0. The molecule has 1 nitrogen and oxygen atoms in total. The van der Waals surface area contributed by atoms with Gasteiger partial charge in [0.15, 0.2) is 0 Å². The number of aromatic nitrogens is 1. The van der Waals surface area contributed by atoms with Crippen LogP contribution in [-0.2, 0) is 0 Å². The first-order valence-electron chi connectivity index (χ1n) is 3.94. The quantitative estimate of drug-likeness (QED) is 0.752. The van der Waals surface area contributed by atoms with Gasteiger partial charge in [-0.1, -0.05) is 34.1 Å². The molecule has 1 aromatic carbocycles. The van der Waals surface area contributed by atoms with Crippen molar-refractivity contribution >= 4 is 27.3 Å². The maximum Gasteiger partial charge on any atom is 0.0901 e. The molecule has 0 aliphatic rings. The smallest absolute Gasteiger partial charge is 0.0901 e. The van der Waals surface area contributed by atoms with E-state index in [1.807, 2.05) is 25.1 Å². The summed E-state index contributed by atoms with van der Waals surface area (Å²) in [7, 11) is 0. The lowest BCUT2D eigenvalue weighted by atomic mass is 10.2. The molecular formula is C10H8BrNS. The molecule has 0 saturated heterocycles. The number of aryl methyl sites for hydroxylation is 1. The zero-order chi connectivity index (χ0) is 9.26. The number of thiazole rings is 1. The highest BCUT2D eigenvalue weighted by atomic mass is 79.9. The largest absolute Gasteiger partial charge is 0.242 e. The summed E-state index contributed by atoms with van der Waals surface area (Å²) in [6, 6.07) is 8.13. The van der Waals surface area contributed by atoms with Gasteiger partial charge in [-0.15, -0.1) is 11.3 Å². The van der Waals surface area contributed by atoms with Gasteiger partial charge in [-0.2, -0.15) is 0 Å². The van der Waals surface area contributed by atoms with Gasteiger partial charge in [-0.05, 0) is 13.0 Å². The van der Waals surface area contributed by atoms with Crippen molar-refractivity contribution < 1.29 is 0 Å². The highest BCUT2D eigenvalue weighted by molar-refractivity contribution is 9.10. The van der Waals surface area contributed by atoms with Crippen molar-refractivity contribution in [1.29, 1.82) is 0 Å². The first kappa shape index (κ1) is 8.91. The molecular weight excluding hydrogens is 246 g/mol. The van der Waals surface area contributed by atoms with Crippen LogP contribution in [-0.4, -0.2) is 4.98 Å². The molecule has 0 N–H and O–H groups in total. The normalized spacial score (nSPS) is 10.3. The van der Waals surface area contributed by atoms with E-state index in [9.17, 15) is 0 Å². The fraction of sp³-hybridized carbons (Fsp3) is 0.100. The average Bonchev–Trinajstić information content (AvgIpc) is 2.53. The first-order chi connectivity index (χ1) is 6.27. The van der Waals surface area contributed by atoms with Gasteiger partial charge >= 0.3 is 0 Å². The van der Waals surface area contributed by atoms with Gasteiger partial charge in [-0.25, -0.2) is 4.98 Å². The van der Waals surface area contributed by atoms with E-state index < -0.39 is 0 Å². The first-order valence-corrected chi connectivity index (χ1v) is 5.61. The van der Waals surface area contributed by atoms with Crippen LogP contribution in [0.2, 0.25) is 0 Å². The van der Waals surface area contributed by atoms with Crippen LogP contribution >= 0.6 is 27.3 Å². The highest BCUT2D eigenvalue weighted by Gasteiger charge is 2.04. The molecule has 2 rings (SSSR count). The Labute approximate surface area is 89.6 Å². The van der Waals surface area contributed by atoms with Gasteiger partial charge in [0.1, 0.15) is 0 Å². The molecule has 1 heterocycles. The fourth-order valence-electron chi connectivity index (χ4n) is 1.16. The summed E-state index contributed by atoms with van der Waals surface area (Å²) in [5.74, 6) is 0. The van der Waals surface area contributed by atoms with Crippen molar-refractivity contribution in [2.45, 2.75) is 6.92 Å². The molecule has 0 aliphatic heterocycles. The summed E-state index contributed by atoms with van der Waals surface area (Å²) in [6.07, 6.45) is 0. The Hall–Kier alpha value is -0.670. The predicted molar refractivity (Wildman–Crippen MR) is 60.0 cm³/mol. The summed E-state index contributed by atoms with van der Waals surface area (Å²) in [6.45, 7) is 2.02. The van der Waals surface area contributed by atoms with E-state index in [-0.39, 0.29) is 0 Å². The van der Waals surface area contributed by atoms with Gasteiger partial charge < -0.3 is 0 Å². The highest BCUT2D eigenvalue weighted by Crippen LogP contribution is 2.28. The van der Waals surface area contributed by atoms with Crippen molar-refractivity contribution in [2.75, 3.05) is 0 Å². The molecule has 0 radical (unpaired) electrons. The minimum absolute atomic E-state index is 1.05. The van der Waals surface area contributed by atoms with E-state index in [0.717, 1.165) is 20.7 Å². The zero-order valence-electron chi connectivity index (χ0n) is 7.12. The van der Waals surface area contributed by atoms with Crippen LogP contribution in [0.4, 0.5) is 0 Å². The Morgan fingerprint density at radius 2 is 2.08 bits per heavy atom. The van der Waals surface area contributed by atoms with Crippen LogP contribution in [0.15, 0.2) is 34.1 Å². The maximum atomic E-state index is 4.43. The average molecular weight is 254 g/mol. The molecule has 0 aliphatic carbocycles. The Morgan fingerprint density at radius 3 is 2.69 bits per heavy atom. The summed E-state index contributed by atoms with van der Waals surface area (Å²) in [5.41, 5.74) is 2.21. The fourth-order valence-corrected chi connectivity index (χ4v) is 2.26. The second-order valence-corrected chi connectivity index (χ2v) is 4.65. The molecule has 2 aromatic rings. The molecule has 0 unspecified atom stereocenters. The van der Waals surface area contributed by atoms with Crippen LogP contribution in [0.1, 0.15) is 5.01 Å². The van der Waals surface area contributed by atoms with Crippen LogP contribution in [0.5, 0.6) is 0 Å². The lowest BCUT2D eigenvalue weighted by molar-refractivity contribution is 1.29. The molecule has 66 valence electrons. The predicted octanol–water partition coefficient (Wildman–Crippen LogP) is 3.88. The number of nitrogens with zero attached hydrogens (tertiary/aromatic N) is 1. The van der Waals surface area contributed by atoms with Crippen molar-refractivity contribution in [1.82, 2.24) is 4.98 Å². The standard InChI is InChI=1S/C10H8BrNS/c1-7-12-10(6-13-7)8-4-2-3-5-9(8)11/h2-6H,1H3. The molecule has 0 bridgehead atoms. The van der Waals surface area contributed by atoms with Crippen LogP contribution in [0.3, 0.4) is 0 Å². The molecule has 13 heavy (non-hydrogen) atoms. The van der Waals surface area contributed by atoms with Gasteiger partial charge in [0.2, 0.25) is 0 Å². The monoisotopic (exact) mass is 253 g/mol. The van der Waals surface area contributed by atoms with E-state index in [4.69, 9.17) is 0 Å². The second-order valence-electron chi connectivity index (χ2n) is 2.73. The van der Waals surface area contributed by atoms with Gasteiger partial charge in [0, 0.05) is 15.4 Å². The molecule has 0 spiro atoms. The Balaban J connectivity index is 2.52. The van der Waals surface area contributed by atoms with Crippen LogP contribution in [0.25, 0.3) is 11.3 Å². The molecule has 1 aromatic heterocycles. The van der Waals surface area contributed by atoms with E-state index in [1.165, 1.54) is 0 Å². The topological polar surface area (TPSA) is 12.9 Å². The number of benzene rings is 1. The number of halogens is 1. The number of hydrogen-bond acceptors (Lipinski definition) is 2. The second kappa shape index (κ2) is 3.60. The Kier molecular flexibility index (Phi) is 2.47. The Morgan fingerprint density at radius 1 is 1.31 bits per heavy atom. The van der Waals surface area contributed by atoms with Crippen molar-refractivity contribution in [2.24, 2.45) is 0 Å². The molecule has 0 fully saturated rings. The van der Waals surface area contributed by atoms with Crippen molar-refractivity contribution in [3.63, 3.8) is 0 Å². The van der Waals surface area contributed by atoms with E-state index in [2.05, 4.69) is 32.4 Å². The summed E-state index contributed by atoms with van der Waals surface area (Å²) in [4.78, 5) is 4.43. The molecule has 3 heteroatoms. The minimum Gasteiger partial charge on any atom is -0.242 e. The summed E-state index contributed by atoms with van der Waals surface area (Å²) < 4.78 is 1.10. The SMILES string of the molecule is Cc1nc(-c2ccccc2Br)cs1. The van der Waals surface area contributed by atoms with Gasteiger partial charge in [0.25, 0.3) is 0 Å². The van der Waals surface area contributed by atoms with E-state index >= 15 is 0 Å². The lowest BCUT2D eigenvalue weighted by Crippen LogP contribution is -1.78. The molecule has 0 amide bonds. The minimum atomic E-state index is 1.05. The van der Waals surface area contributed by atoms with Gasteiger partial charge in [0.05, 0.1) is 10.7 Å². The van der Waals surface area contributed by atoms with Crippen molar-refractivity contribution in [3.8, 4) is 11.3 Å².